The van der Waals surface area contributed by atoms with Crippen molar-refractivity contribution in [2.45, 2.75) is 51.9 Å². The number of aromatic nitrogens is 3. The summed E-state index contributed by atoms with van der Waals surface area (Å²) in [5.74, 6) is -1.78. The summed E-state index contributed by atoms with van der Waals surface area (Å²) >= 11 is 0. The average Bonchev–Trinajstić information content (AvgIpc) is 3.10. The minimum Gasteiger partial charge on any atom is -0.463 e. The van der Waals surface area contributed by atoms with Crippen LogP contribution in [-0.4, -0.2) is 62.9 Å². The molecule has 1 fully saturated rings. The lowest BCUT2D eigenvalue weighted by Crippen LogP contribution is -2.40. The van der Waals surface area contributed by atoms with Gasteiger partial charge in [-0.3, -0.25) is 14.4 Å². The van der Waals surface area contributed by atoms with Gasteiger partial charge in [-0.15, -0.1) is 5.10 Å². The van der Waals surface area contributed by atoms with Crippen LogP contribution in [0.4, 0.5) is 0 Å². The summed E-state index contributed by atoms with van der Waals surface area (Å²) in [5, 5.41) is 16.6. The fourth-order valence-corrected chi connectivity index (χ4v) is 2.42. The third-order valence-electron chi connectivity index (χ3n) is 3.32. The van der Waals surface area contributed by atoms with Crippen LogP contribution in [0.15, 0.2) is 6.20 Å². The smallest absolute Gasteiger partial charge is 0.303 e. The standard InChI is InChI=1S/C14H19N3O8/c1-7(19)22-6-11-12(23-8(2)20)13(24-9(3)21)14(25-11)17-4-10(5-18)15-16-17/h4,11-14,18H,5-6H2,1-3H3/t11-,12-,13-,14-/m1/s1. The van der Waals surface area contributed by atoms with Gasteiger partial charge in [-0.05, 0) is 0 Å². The fourth-order valence-electron chi connectivity index (χ4n) is 2.42. The molecule has 25 heavy (non-hydrogen) atoms. The van der Waals surface area contributed by atoms with Crippen LogP contribution in [0.1, 0.15) is 32.7 Å². The molecule has 1 aliphatic rings. The summed E-state index contributed by atoms with van der Waals surface area (Å²) in [5.41, 5.74) is 0.276. The van der Waals surface area contributed by atoms with Crippen LogP contribution < -0.4 is 0 Å². The van der Waals surface area contributed by atoms with E-state index >= 15 is 0 Å². The SMILES string of the molecule is CC(=O)OC[C@H]1O[C@@H](n2cc(CO)nn2)[C@H](OC(C)=O)[C@@H]1OC(C)=O. The number of nitrogens with zero attached hydrogens (tertiary/aromatic N) is 3. The lowest BCUT2D eigenvalue weighted by Gasteiger charge is -2.23. The molecular weight excluding hydrogens is 338 g/mol. The van der Waals surface area contributed by atoms with Crippen molar-refractivity contribution in [3.63, 3.8) is 0 Å². The number of aliphatic hydroxyl groups is 1. The van der Waals surface area contributed by atoms with Gasteiger partial charge >= 0.3 is 17.9 Å². The van der Waals surface area contributed by atoms with Gasteiger partial charge in [0.05, 0.1) is 12.8 Å². The van der Waals surface area contributed by atoms with Crippen molar-refractivity contribution in [1.29, 1.82) is 0 Å². The van der Waals surface area contributed by atoms with E-state index < -0.39 is 42.4 Å². The number of carbonyl (C=O) groups is 3. The summed E-state index contributed by atoms with van der Waals surface area (Å²) in [6.07, 6.45) is -2.48. The minimum atomic E-state index is -1.03. The van der Waals surface area contributed by atoms with Gasteiger partial charge in [-0.25, -0.2) is 4.68 Å². The number of carbonyl (C=O) groups excluding carboxylic acids is 3. The minimum absolute atomic E-state index is 0.205. The first-order valence-electron chi connectivity index (χ1n) is 7.46. The molecule has 0 spiro atoms. The second-order valence-electron chi connectivity index (χ2n) is 5.36. The molecule has 2 rings (SSSR count). The van der Waals surface area contributed by atoms with E-state index in [-0.39, 0.29) is 18.9 Å². The molecule has 11 heteroatoms. The monoisotopic (exact) mass is 357 g/mol. The summed E-state index contributed by atoms with van der Waals surface area (Å²) in [6.45, 7) is 3.07. The largest absolute Gasteiger partial charge is 0.463 e. The number of rotatable bonds is 6. The second-order valence-corrected chi connectivity index (χ2v) is 5.36. The van der Waals surface area contributed by atoms with E-state index in [9.17, 15) is 14.4 Å². The van der Waals surface area contributed by atoms with Gasteiger partial charge in [0.15, 0.2) is 18.4 Å². The normalized spacial score (nSPS) is 25.4. The predicted octanol–water partition coefficient (Wildman–Crippen LogP) is -0.906. The molecule has 0 saturated carbocycles. The molecule has 138 valence electrons. The van der Waals surface area contributed by atoms with Gasteiger partial charge in [0.2, 0.25) is 0 Å². The van der Waals surface area contributed by atoms with Gasteiger partial charge in [-0.2, -0.15) is 0 Å². The Morgan fingerprint density at radius 3 is 2.32 bits per heavy atom. The number of esters is 3. The molecular formula is C14H19N3O8. The van der Waals surface area contributed by atoms with E-state index in [1.807, 2.05) is 0 Å². The van der Waals surface area contributed by atoms with Gasteiger partial charge in [0.25, 0.3) is 0 Å². The highest BCUT2D eigenvalue weighted by atomic mass is 16.7. The molecule has 0 radical (unpaired) electrons. The highest BCUT2D eigenvalue weighted by Gasteiger charge is 2.51. The van der Waals surface area contributed by atoms with E-state index in [1.54, 1.807) is 0 Å². The van der Waals surface area contributed by atoms with Crippen molar-refractivity contribution in [2.24, 2.45) is 0 Å². The van der Waals surface area contributed by atoms with Crippen LogP contribution in [0.5, 0.6) is 0 Å². The zero-order valence-corrected chi connectivity index (χ0v) is 13.9. The third-order valence-corrected chi connectivity index (χ3v) is 3.32. The molecule has 2 heterocycles. The van der Waals surface area contributed by atoms with E-state index in [1.165, 1.54) is 31.6 Å². The van der Waals surface area contributed by atoms with Crippen molar-refractivity contribution >= 4 is 17.9 Å². The molecule has 4 atom stereocenters. The Hall–Kier alpha value is -2.53. The number of ether oxygens (including phenoxy) is 4. The van der Waals surface area contributed by atoms with E-state index in [4.69, 9.17) is 24.1 Å². The molecule has 1 N–H and O–H groups in total. The zero-order chi connectivity index (χ0) is 18.6. The number of aliphatic hydroxyl groups excluding tert-OH is 1. The van der Waals surface area contributed by atoms with Crippen molar-refractivity contribution < 1.29 is 38.4 Å². The Morgan fingerprint density at radius 1 is 1.16 bits per heavy atom. The van der Waals surface area contributed by atoms with Crippen LogP contribution in [0.2, 0.25) is 0 Å². The van der Waals surface area contributed by atoms with Crippen LogP contribution in [0.3, 0.4) is 0 Å². The topological polar surface area (TPSA) is 139 Å². The molecule has 1 aromatic rings. The van der Waals surface area contributed by atoms with Crippen LogP contribution in [0.25, 0.3) is 0 Å². The maximum absolute atomic E-state index is 11.5. The highest BCUT2D eigenvalue weighted by Crippen LogP contribution is 2.34. The molecule has 0 aliphatic carbocycles. The van der Waals surface area contributed by atoms with Gasteiger partial charge < -0.3 is 24.1 Å². The van der Waals surface area contributed by atoms with Crippen molar-refractivity contribution in [1.82, 2.24) is 15.0 Å². The van der Waals surface area contributed by atoms with Crippen LogP contribution in [-0.2, 0) is 39.9 Å². The quantitative estimate of drug-likeness (QED) is 0.503. The summed E-state index contributed by atoms with van der Waals surface area (Å²) < 4.78 is 22.3. The molecule has 0 amide bonds. The maximum atomic E-state index is 11.5. The second kappa shape index (κ2) is 8.03. The fraction of sp³-hybridized carbons (Fsp3) is 0.643. The summed E-state index contributed by atoms with van der Waals surface area (Å²) in [4.78, 5) is 33.9. The third kappa shape index (κ3) is 4.73. The predicted molar refractivity (Wildman–Crippen MR) is 77.6 cm³/mol. The first-order valence-corrected chi connectivity index (χ1v) is 7.46. The molecule has 1 saturated heterocycles. The number of hydrogen-bond donors (Lipinski definition) is 1. The van der Waals surface area contributed by atoms with Crippen LogP contribution in [0, 0.1) is 0 Å². The first kappa shape index (κ1) is 18.8. The molecule has 1 aromatic heterocycles. The zero-order valence-electron chi connectivity index (χ0n) is 13.9. The van der Waals surface area contributed by atoms with Crippen LogP contribution >= 0.6 is 0 Å². The Bertz CT molecular complexity index is 646. The Balaban J connectivity index is 2.30. The van der Waals surface area contributed by atoms with Crippen molar-refractivity contribution in [3.8, 4) is 0 Å². The van der Waals surface area contributed by atoms with Gasteiger partial charge in [0, 0.05) is 20.8 Å². The molecule has 0 unspecified atom stereocenters. The molecule has 0 bridgehead atoms. The first-order chi connectivity index (χ1) is 11.8. The molecule has 11 nitrogen and oxygen atoms in total. The maximum Gasteiger partial charge on any atom is 0.303 e. The lowest BCUT2D eigenvalue weighted by molar-refractivity contribution is -0.166. The van der Waals surface area contributed by atoms with Crippen molar-refractivity contribution in [2.75, 3.05) is 6.61 Å². The van der Waals surface area contributed by atoms with Gasteiger partial charge in [0.1, 0.15) is 18.4 Å². The average molecular weight is 357 g/mol. The Kier molecular flexibility index (Phi) is 6.04. The van der Waals surface area contributed by atoms with E-state index in [0.29, 0.717) is 0 Å². The number of hydrogen-bond acceptors (Lipinski definition) is 10. The summed E-state index contributed by atoms with van der Waals surface area (Å²) in [6, 6.07) is 0. The molecule has 0 aromatic carbocycles. The Morgan fingerprint density at radius 2 is 1.80 bits per heavy atom. The van der Waals surface area contributed by atoms with Crippen molar-refractivity contribution in [3.05, 3.63) is 11.9 Å². The summed E-state index contributed by atoms with van der Waals surface area (Å²) in [7, 11) is 0. The molecule has 1 aliphatic heterocycles. The lowest BCUT2D eigenvalue weighted by atomic mass is 10.1. The van der Waals surface area contributed by atoms with Gasteiger partial charge in [-0.1, -0.05) is 5.21 Å². The highest BCUT2D eigenvalue weighted by molar-refractivity contribution is 5.67. The Labute approximate surface area is 142 Å². The van der Waals surface area contributed by atoms with E-state index in [2.05, 4.69) is 10.3 Å². The van der Waals surface area contributed by atoms with E-state index in [0.717, 1.165) is 0 Å².